The van der Waals surface area contributed by atoms with Gasteiger partial charge in [-0.05, 0) is 56.6 Å². The first-order chi connectivity index (χ1) is 8.84. The molecule has 18 heavy (non-hydrogen) atoms. The summed E-state index contributed by atoms with van der Waals surface area (Å²) in [6, 6.07) is 4.59. The standard InChI is InChI=1S/C14H22N2OS/c17-14(7-1-5-13-6-3-11-18-13)16-12-4-2-9-15-10-8-12/h3,6,11-12,15H,1-2,4-5,7-10H2,(H,16,17). The minimum Gasteiger partial charge on any atom is -0.353 e. The van der Waals surface area contributed by atoms with Crippen LogP contribution in [0.2, 0.25) is 0 Å². The molecule has 2 heterocycles. The number of rotatable bonds is 5. The predicted octanol–water partition coefficient (Wildman–Crippen LogP) is 2.33. The second kappa shape index (κ2) is 7.54. The fraction of sp³-hybridized carbons (Fsp3) is 0.643. The van der Waals surface area contributed by atoms with Gasteiger partial charge >= 0.3 is 0 Å². The smallest absolute Gasteiger partial charge is 0.220 e. The van der Waals surface area contributed by atoms with E-state index in [9.17, 15) is 4.79 Å². The van der Waals surface area contributed by atoms with Crippen molar-refractivity contribution in [1.82, 2.24) is 10.6 Å². The predicted molar refractivity (Wildman–Crippen MR) is 75.9 cm³/mol. The molecular weight excluding hydrogens is 244 g/mol. The van der Waals surface area contributed by atoms with E-state index < -0.39 is 0 Å². The number of carbonyl (C=O) groups is 1. The van der Waals surface area contributed by atoms with Crippen molar-refractivity contribution in [2.24, 2.45) is 0 Å². The fourth-order valence-electron chi connectivity index (χ4n) is 2.34. The van der Waals surface area contributed by atoms with E-state index in [2.05, 4.69) is 28.1 Å². The molecule has 0 bridgehead atoms. The summed E-state index contributed by atoms with van der Waals surface area (Å²) < 4.78 is 0. The molecule has 1 aromatic heterocycles. The molecule has 2 N–H and O–H groups in total. The van der Waals surface area contributed by atoms with Gasteiger partial charge in [-0.3, -0.25) is 4.79 Å². The first-order valence-corrected chi connectivity index (χ1v) is 7.75. The lowest BCUT2D eigenvalue weighted by Crippen LogP contribution is -2.35. The summed E-state index contributed by atoms with van der Waals surface area (Å²) in [4.78, 5) is 13.2. The Labute approximate surface area is 113 Å². The topological polar surface area (TPSA) is 41.1 Å². The van der Waals surface area contributed by atoms with E-state index in [0.717, 1.165) is 38.8 Å². The molecule has 2 rings (SSSR count). The molecule has 100 valence electrons. The minimum absolute atomic E-state index is 0.221. The molecule has 0 spiro atoms. The molecule has 0 saturated carbocycles. The van der Waals surface area contributed by atoms with Crippen molar-refractivity contribution in [2.45, 2.75) is 44.6 Å². The van der Waals surface area contributed by atoms with Crippen LogP contribution in [0.1, 0.15) is 37.0 Å². The van der Waals surface area contributed by atoms with Crippen LogP contribution in [-0.2, 0) is 11.2 Å². The molecule has 1 unspecified atom stereocenters. The molecule has 1 fully saturated rings. The van der Waals surface area contributed by atoms with Crippen LogP contribution in [0.3, 0.4) is 0 Å². The Morgan fingerprint density at radius 2 is 2.39 bits per heavy atom. The first-order valence-electron chi connectivity index (χ1n) is 6.87. The van der Waals surface area contributed by atoms with Gasteiger partial charge in [-0.2, -0.15) is 0 Å². The molecule has 1 atom stereocenters. The van der Waals surface area contributed by atoms with Crippen LogP contribution >= 0.6 is 11.3 Å². The molecule has 1 aliphatic heterocycles. The van der Waals surface area contributed by atoms with Crippen molar-refractivity contribution in [3.05, 3.63) is 22.4 Å². The molecule has 1 aliphatic rings. The lowest BCUT2D eigenvalue weighted by atomic mass is 10.1. The Hall–Kier alpha value is -0.870. The minimum atomic E-state index is 0.221. The molecule has 4 heteroatoms. The van der Waals surface area contributed by atoms with Gasteiger partial charge in [0.15, 0.2) is 0 Å². The van der Waals surface area contributed by atoms with Gasteiger partial charge in [-0.1, -0.05) is 6.07 Å². The number of aryl methyl sites for hydroxylation is 1. The normalized spacial score (nSPS) is 20.3. The average molecular weight is 266 g/mol. The van der Waals surface area contributed by atoms with Gasteiger partial charge in [0.2, 0.25) is 5.91 Å². The Balaban J connectivity index is 1.62. The average Bonchev–Trinajstić information content (AvgIpc) is 2.74. The highest BCUT2D eigenvalue weighted by atomic mass is 32.1. The van der Waals surface area contributed by atoms with Crippen molar-refractivity contribution in [3.63, 3.8) is 0 Å². The van der Waals surface area contributed by atoms with E-state index in [0.29, 0.717) is 12.5 Å². The van der Waals surface area contributed by atoms with Gasteiger partial charge in [-0.25, -0.2) is 0 Å². The van der Waals surface area contributed by atoms with Crippen molar-refractivity contribution >= 4 is 17.2 Å². The SMILES string of the molecule is O=C(CCCc1cccs1)NC1CCCNCC1. The van der Waals surface area contributed by atoms with E-state index in [4.69, 9.17) is 0 Å². The maximum atomic E-state index is 11.8. The first kappa shape index (κ1) is 13.6. The number of nitrogens with one attached hydrogen (secondary N) is 2. The second-order valence-electron chi connectivity index (χ2n) is 4.88. The zero-order valence-corrected chi connectivity index (χ0v) is 11.6. The number of hydrogen-bond donors (Lipinski definition) is 2. The zero-order chi connectivity index (χ0) is 12.6. The highest BCUT2D eigenvalue weighted by molar-refractivity contribution is 7.09. The molecular formula is C14H22N2OS. The van der Waals surface area contributed by atoms with Crippen molar-refractivity contribution in [3.8, 4) is 0 Å². The lowest BCUT2D eigenvalue weighted by Gasteiger charge is -2.15. The fourth-order valence-corrected chi connectivity index (χ4v) is 3.09. The summed E-state index contributed by atoms with van der Waals surface area (Å²) in [5, 5.41) is 8.62. The summed E-state index contributed by atoms with van der Waals surface area (Å²) in [6.07, 6.45) is 5.98. The third-order valence-electron chi connectivity index (χ3n) is 3.35. The van der Waals surface area contributed by atoms with Crippen molar-refractivity contribution < 1.29 is 4.79 Å². The molecule has 0 aliphatic carbocycles. The van der Waals surface area contributed by atoms with E-state index in [-0.39, 0.29) is 5.91 Å². The van der Waals surface area contributed by atoms with Crippen LogP contribution in [0.25, 0.3) is 0 Å². The largest absolute Gasteiger partial charge is 0.353 e. The van der Waals surface area contributed by atoms with Gasteiger partial charge in [0.1, 0.15) is 0 Å². The van der Waals surface area contributed by atoms with Gasteiger partial charge in [-0.15, -0.1) is 11.3 Å². The van der Waals surface area contributed by atoms with Crippen LogP contribution in [0.15, 0.2) is 17.5 Å². The number of hydrogen-bond acceptors (Lipinski definition) is 3. The highest BCUT2D eigenvalue weighted by Gasteiger charge is 2.13. The van der Waals surface area contributed by atoms with Crippen LogP contribution in [-0.4, -0.2) is 25.0 Å². The monoisotopic (exact) mass is 266 g/mol. The summed E-state index contributed by atoms with van der Waals surface area (Å²) >= 11 is 1.77. The Kier molecular flexibility index (Phi) is 5.68. The molecule has 3 nitrogen and oxygen atoms in total. The number of carbonyl (C=O) groups excluding carboxylic acids is 1. The molecule has 1 amide bonds. The second-order valence-corrected chi connectivity index (χ2v) is 5.91. The summed E-state index contributed by atoms with van der Waals surface area (Å²) in [7, 11) is 0. The van der Waals surface area contributed by atoms with E-state index in [1.54, 1.807) is 11.3 Å². The van der Waals surface area contributed by atoms with Crippen LogP contribution in [0.4, 0.5) is 0 Å². The summed E-state index contributed by atoms with van der Waals surface area (Å²) in [6.45, 7) is 2.12. The molecule has 0 radical (unpaired) electrons. The maximum Gasteiger partial charge on any atom is 0.220 e. The third kappa shape index (κ3) is 4.78. The van der Waals surface area contributed by atoms with E-state index in [1.165, 1.54) is 11.3 Å². The van der Waals surface area contributed by atoms with Crippen LogP contribution in [0, 0.1) is 0 Å². The quantitative estimate of drug-likeness (QED) is 0.859. The van der Waals surface area contributed by atoms with E-state index in [1.807, 2.05) is 0 Å². The molecule has 1 aromatic rings. The molecule has 1 saturated heterocycles. The number of amides is 1. The van der Waals surface area contributed by atoms with Gasteiger partial charge < -0.3 is 10.6 Å². The highest BCUT2D eigenvalue weighted by Crippen LogP contribution is 2.12. The Morgan fingerprint density at radius 3 is 3.22 bits per heavy atom. The maximum absolute atomic E-state index is 11.8. The lowest BCUT2D eigenvalue weighted by molar-refractivity contribution is -0.121. The summed E-state index contributed by atoms with van der Waals surface area (Å²) in [5.41, 5.74) is 0. The van der Waals surface area contributed by atoms with Gasteiger partial charge in [0.05, 0.1) is 0 Å². The molecule has 0 aromatic carbocycles. The van der Waals surface area contributed by atoms with Crippen LogP contribution in [0.5, 0.6) is 0 Å². The van der Waals surface area contributed by atoms with Crippen LogP contribution < -0.4 is 10.6 Å². The summed E-state index contributed by atoms with van der Waals surface area (Å²) in [5.74, 6) is 0.221. The Bertz CT molecular complexity index is 343. The van der Waals surface area contributed by atoms with Crippen molar-refractivity contribution in [1.29, 1.82) is 0 Å². The zero-order valence-electron chi connectivity index (χ0n) is 10.8. The van der Waals surface area contributed by atoms with Gasteiger partial charge in [0, 0.05) is 17.3 Å². The third-order valence-corrected chi connectivity index (χ3v) is 4.28. The van der Waals surface area contributed by atoms with Gasteiger partial charge in [0.25, 0.3) is 0 Å². The van der Waals surface area contributed by atoms with Crippen molar-refractivity contribution in [2.75, 3.05) is 13.1 Å². The number of thiophene rings is 1. The van der Waals surface area contributed by atoms with E-state index >= 15 is 0 Å². The Morgan fingerprint density at radius 1 is 1.44 bits per heavy atom.